The first kappa shape index (κ1) is 45.6. The predicted octanol–water partition coefficient (Wildman–Crippen LogP) is 5.67. The molecular formula is C40H61N5O10SSi. The molecule has 0 radical (unpaired) electrons. The molecular weight excluding hydrogens is 771 g/mol. The topological polar surface area (TPSA) is 175 Å². The molecule has 2 fully saturated rings. The molecule has 2 N–H and O–H groups in total. The SMILES string of the molecule is CNC(=O)OC(C)C(=O)NC(C(=O)N1CCC[C@H]1c1nc(C(=O)c2cccc(OCCOCCOCCN(C)C(=O)OCC[Si](C)(C)C)c2)cs1)C1CCCCC1. The highest BCUT2D eigenvalue weighted by atomic mass is 32.1. The van der Waals surface area contributed by atoms with Crippen LogP contribution in [-0.2, 0) is 28.5 Å². The highest BCUT2D eigenvalue weighted by Gasteiger charge is 2.40. The minimum atomic E-state index is -1.26. The third-order valence-corrected chi connectivity index (χ3v) is 12.7. The molecule has 4 amide bonds. The Kier molecular flexibility index (Phi) is 18.2. The van der Waals surface area contributed by atoms with E-state index in [0.717, 1.165) is 44.6 Å². The lowest BCUT2D eigenvalue weighted by Gasteiger charge is -2.35. The fourth-order valence-corrected chi connectivity index (χ4v) is 8.33. The number of likely N-dealkylation sites (tertiary alicyclic amines) is 1. The summed E-state index contributed by atoms with van der Waals surface area (Å²) in [6.45, 7) is 11.3. The summed E-state index contributed by atoms with van der Waals surface area (Å²) in [6, 6.07) is 6.77. The Labute approximate surface area is 341 Å². The van der Waals surface area contributed by atoms with Crippen LogP contribution in [0.4, 0.5) is 9.59 Å². The fraction of sp³-hybridized carbons (Fsp3) is 0.650. The molecule has 1 aromatic carbocycles. The molecule has 17 heteroatoms. The van der Waals surface area contributed by atoms with Gasteiger partial charge in [0.15, 0.2) is 6.10 Å². The molecule has 316 valence electrons. The van der Waals surface area contributed by atoms with Gasteiger partial charge in [0.2, 0.25) is 11.7 Å². The summed E-state index contributed by atoms with van der Waals surface area (Å²) in [5, 5.41) is 7.65. The Morgan fingerprint density at radius 1 is 0.965 bits per heavy atom. The number of hydrogen-bond acceptors (Lipinski definition) is 12. The standard InChI is InChI=1S/C40H61N5O10SSi/c1-28(55-39(49)41-2)36(47)43-34(29-12-8-7-9-13-29)38(48)45-17-11-16-33(45)37-42-32(27-56-37)35(46)30-14-10-15-31(26-30)53-23-22-52-21-20-51-19-18-44(3)40(50)54-24-25-57(4,5)6/h10,14-15,26-29,33-34H,7-9,11-13,16-25H2,1-6H3,(H,41,49)(H,43,47)/t28?,33-,34?/m0/s1. The summed E-state index contributed by atoms with van der Waals surface area (Å²) in [4.78, 5) is 72.7. The second-order valence-corrected chi connectivity index (χ2v) is 22.2. The number of alkyl carbamates (subject to hydrolysis) is 1. The summed E-state index contributed by atoms with van der Waals surface area (Å²) in [7, 11) is 1.85. The van der Waals surface area contributed by atoms with Gasteiger partial charge in [-0.15, -0.1) is 11.3 Å². The van der Waals surface area contributed by atoms with E-state index in [1.54, 1.807) is 41.6 Å². The number of nitrogens with zero attached hydrogens (tertiary/aromatic N) is 3. The smallest absolute Gasteiger partial charge is 0.409 e. The van der Waals surface area contributed by atoms with Crippen LogP contribution in [0.25, 0.3) is 0 Å². The molecule has 4 rings (SSSR count). The number of nitrogens with one attached hydrogen (secondary N) is 2. The second-order valence-electron chi connectivity index (χ2n) is 15.7. The number of carbonyl (C=O) groups is 5. The molecule has 1 saturated carbocycles. The summed E-state index contributed by atoms with van der Waals surface area (Å²) >= 11 is 1.35. The molecule has 1 aromatic heterocycles. The van der Waals surface area contributed by atoms with Crippen LogP contribution in [0.1, 0.15) is 79.0 Å². The zero-order valence-corrected chi connectivity index (χ0v) is 36.2. The van der Waals surface area contributed by atoms with Crippen LogP contribution >= 0.6 is 11.3 Å². The monoisotopic (exact) mass is 831 g/mol. The molecule has 3 atom stereocenters. The minimum Gasteiger partial charge on any atom is -0.491 e. The van der Waals surface area contributed by atoms with Crippen LogP contribution in [0.15, 0.2) is 29.6 Å². The zero-order chi connectivity index (χ0) is 41.4. The molecule has 2 heterocycles. The van der Waals surface area contributed by atoms with Crippen LogP contribution in [-0.4, -0.2) is 132 Å². The lowest BCUT2D eigenvalue weighted by molar-refractivity contribution is -0.141. The normalized spacial score (nSPS) is 17.0. The summed E-state index contributed by atoms with van der Waals surface area (Å²) in [5.74, 6) is -0.457. The molecule has 0 bridgehead atoms. The molecule has 1 saturated heterocycles. The van der Waals surface area contributed by atoms with Gasteiger partial charge in [0.05, 0.1) is 39.1 Å². The third-order valence-electron chi connectivity index (χ3n) is 10.0. The maximum absolute atomic E-state index is 14.2. The van der Waals surface area contributed by atoms with Crippen molar-refractivity contribution in [3.05, 3.63) is 45.9 Å². The Bertz CT molecular complexity index is 1630. The molecule has 1 aliphatic heterocycles. The number of ether oxygens (including phenoxy) is 5. The summed E-state index contributed by atoms with van der Waals surface area (Å²) < 4.78 is 27.5. The van der Waals surface area contributed by atoms with Gasteiger partial charge < -0.3 is 44.1 Å². The average Bonchev–Trinajstić information content (AvgIpc) is 3.89. The fourth-order valence-electron chi connectivity index (χ4n) is 6.67. The Morgan fingerprint density at radius 3 is 2.40 bits per heavy atom. The highest BCUT2D eigenvalue weighted by molar-refractivity contribution is 7.10. The van der Waals surface area contributed by atoms with Crippen LogP contribution in [0.3, 0.4) is 0 Å². The van der Waals surface area contributed by atoms with Gasteiger partial charge in [-0.25, -0.2) is 14.6 Å². The van der Waals surface area contributed by atoms with Crippen LogP contribution in [0.2, 0.25) is 25.7 Å². The second kappa shape index (κ2) is 22.8. The first-order valence-corrected chi connectivity index (χ1v) is 24.6. The molecule has 2 aromatic rings. The number of likely N-dealkylation sites (N-methyl/N-ethyl adjacent to an activating group) is 1. The van der Waals surface area contributed by atoms with E-state index in [-0.39, 0.29) is 42.0 Å². The number of aromatic nitrogens is 1. The minimum absolute atomic E-state index is 0.0288. The Morgan fingerprint density at radius 2 is 1.68 bits per heavy atom. The number of rotatable bonds is 21. The van der Waals surface area contributed by atoms with Gasteiger partial charge in [-0.3, -0.25) is 14.4 Å². The van der Waals surface area contributed by atoms with E-state index in [0.29, 0.717) is 68.9 Å². The maximum Gasteiger partial charge on any atom is 0.409 e. The lowest BCUT2D eigenvalue weighted by Crippen LogP contribution is -2.54. The average molecular weight is 832 g/mol. The van der Waals surface area contributed by atoms with Crippen LogP contribution in [0.5, 0.6) is 5.75 Å². The number of carbonyl (C=O) groups excluding carboxylic acids is 5. The van der Waals surface area contributed by atoms with Crippen molar-refractivity contribution in [2.75, 3.05) is 66.8 Å². The van der Waals surface area contributed by atoms with E-state index in [1.165, 1.54) is 30.2 Å². The van der Waals surface area contributed by atoms with Gasteiger partial charge in [-0.1, -0.05) is 51.0 Å². The van der Waals surface area contributed by atoms with Crippen molar-refractivity contribution < 1.29 is 47.7 Å². The first-order valence-electron chi connectivity index (χ1n) is 20.0. The summed E-state index contributed by atoms with van der Waals surface area (Å²) in [6.07, 6.45) is 4.01. The van der Waals surface area contributed by atoms with Crippen molar-refractivity contribution in [3.63, 3.8) is 0 Å². The van der Waals surface area contributed by atoms with E-state index < -0.39 is 32.2 Å². The van der Waals surface area contributed by atoms with E-state index in [9.17, 15) is 24.0 Å². The number of benzene rings is 1. The van der Waals surface area contributed by atoms with Crippen molar-refractivity contribution in [3.8, 4) is 5.75 Å². The summed E-state index contributed by atoms with van der Waals surface area (Å²) in [5.41, 5.74) is 0.716. The van der Waals surface area contributed by atoms with Crippen molar-refractivity contribution in [1.82, 2.24) is 25.4 Å². The molecule has 2 aliphatic rings. The number of hydrogen-bond donors (Lipinski definition) is 2. The van der Waals surface area contributed by atoms with Gasteiger partial charge >= 0.3 is 12.2 Å². The van der Waals surface area contributed by atoms with Crippen molar-refractivity contribution in [1.29, 1.82) is 0 Å². The molecule has 57 heavy (non-hydrogen) atoms. The van der Waals surface area contributed by atoms with Gasteiger partial charge in [-0.05, 0) is 56.7 Å². The van der Waals surface area contributed by atoms with Gasteiger partial charge in [0, 0.05) is 46.2 Å². The van der Waals surface area contributed by atoms with Crippen molar-refractivity contribution >= 4 is 49.2 Å². The Balaban J connectivity index is 1.23. The quantitative estimate of drug-likeness (QED) is 0.0902. The molecule has 15 nitrogen and oxygen atoms in total. The van der Waals surface area contributed by atoms with E-state index in [1.807, 2.05) is 0 Å². The highest BCUT2D eigenvalue weighted by Crippen LogP contribution is 2.36. The number of ketones is 1. The van der Waals surface area contributed by atoms with Crippen LogP contribution in [0, 0.1) is 5.92 Å². The third kappa shape index (κ3) is 14.7. The van der Waals surface area contributed by atoms with E-state index in [2.05, 4.69) is 30.3 Å². The van der Waals surface area contributed by atoms with E-state index >= 15 is 0 Å². The zero-order valence-electron chi connectivity index (χ0n) is 34.3. The van der Waals surface area contributed by atoms with Crippen molar-refractivity contribution in [2.45, 2.75) is 95.7 Å². The van der Waals surface area contributed by atoms with Crippen molar-refractivity contribution in [2.24, 2.45) is 5.92 Å². The first-order chi connectivity index (χ1) is 27.3. The maximum atomic E-state index is 14.2. The molecule has 0 spiro atoms. The van der Waals surface area contributed by atoms with E-state index in [4.69, 9.17) is 28.7 Å². The number of thiazole rings is 1. The lowest BCUT2D eigenvalue weighted by atomic mass is 9.83. The van der Waals surface area contributed by atoms with Gasteiger partial charge in [0.1, 0.15) is 29.1 Å². The molecule has 1 aliphatic carbocycles. The van der Waals surface area contributed by atoms with Crippen LogP contribution < -0.4 is 15.4 Å². The predicted molar refractivity (Wildman–Crippen MR) is 218 cm³/mol. The largest absolute Gasteiger partial charge is 0.491 e. The number of amides is 4. The van der Waals surface area contributed by atoms with Gasteiger partial charge in [-0.2, -0.15) is 0 Å². The molecule has 2 unspecified atom stereocenters. The van der Waals surface area contributed by atoms with Gasteiger partial charge in [0.25, 0.3) is 5.91 Å². The Hall–Kier alpha value is -4.06.